The molecule has 2 fully saturated rings. The Hall–Kier alpha value is -1.36. The molecular formula is C29H35I2NO4. The van der Waals surface area contributed by atoms with Crippen molar-refractivity contribution in [2.45, 2.75) is 66.8 Å². The highest BCUT2D eigenvalue weighted by Gasteiger charge is 2.59. The van der Waals surface area contributed by atoms with Gasteiger partial charge in [0.1, 0.15) is 5.75 Å². The van der Waals surface area contributed by atoms with Gasteiger partial charge in [0, 0.05) is 20.8 Å². The van der Waals surface area contributed by atoms with E-state index in [-0.39, 0.29) is 41.8 Å². The summed E-state index contributed by atoms with van der Waals surface area (Å²) in [5, 5.41) is 3.31. The van der Waals surface area contributed by atoms with Crippen molar-refractivity contribution >= 4 is 57.1 Å². The summed E-state index contributed by atoms with van der Waals surface area (Å²) < 4.78 is 12.6. The van der Waals surface area contributed by atoms with E-state index >= 15 is 0 Å². The first-order valence-electron chi connectivity index (χ1n) is 12.8. The van der Waals surface area contributed by atoms with E-state index in [0.29, 0.717) is 18.3 Å². The second-order valence-corrected chi connectivity index (χ2v) is 11.5. The molecule has 1 aliphatic carbocycles. The number of nitrogens with one attached hydrogen (secondary N) is 1. The number of alkyl halides is 2. The normalized spacial score (nSPS) is 27.3. The Balaban J connectivity index is 1.73. The van der Waals surface area contributed by atoms with Gasteiger partial charge in [0.15, 0.2) is 6.61 Å². The first kappa shape index (κ1) is 27.7. The van der Waals surface area contributed by atoms with Crippen molar-refractivity contribution < 1.29 is 19.1 Å². The second-order valence-electron chi connectivity index (χ2n) is 9.93. The molecule has 0 spiro atoms. The van der Waals surface area contributed by atoms with Crippen molar-refractivity contribution in [2.75, 3.05) is 13.2 Å². The van der Waals surface area contributed by atoms with Crippen LogP contribution in [0.1, 0.15) is 74.1 Å². The zero-order chi connectivity index (χ0) is 25.9. The molecule has 5 nitrogen and oxygen atoms in total. The molecule has 0 bridgehead atoms. The molecule has 1 N–H and O–H groups in total. The van der Waals surface area contributed by atoms with Crippen LogP contribution in [0.25, 0.3) is 0 Å². The molecule has 1 amide bonds. The third-order valence-electron chi connectivity index (χ3n) is 8.18. The largest absolute Gasteiger partial charge is 0.482 e. The highest BCUT2D eigenvalue weighted by Crippen LogP contribution is 2.60. The molecule has 0 aromatic heterocycles. The van der Waals surface area contributed by atoms with E-state index in [2.05, 4.69) is 101 Å². The van der Waals surface area contributed by atoms with E-state index in [0.717, 1.165) is 28.1 Å². The molecular weight excluding hydrogens is 680 g/mol. The van der Waals surface area contributed by atoms with Crippen molar-refractivity contribution in [3.8, 4) is 5.75 Å². The van der Waals surface area contributed by atoms with Gasteiger partial charge in [-0.05, 0) is 79.3 Å². The molecule has 1 aliphatic heterocycles. The fraction of sp³-hybridized carbons (Fsp3) is 0.517. The average molecular weight is 715 g/mol. The number of hydrogen-bond acceptors (Lipinski definition) is 4. The first-order valence-corrected chi connectivity index (χ1v) is 15.9. The Morgan fingerprint density at radius 3 is 2.50 bits per heavy atom. The third kappa shape index (κ3) is 5.28. The average Bonchev–Trinajstić information content (AvgIpc) is 3.16. The number of esters is 1. The second kappa shape index (κ2) is 12.0. The first-order chi connectivity index (χ1) is 17.4. The van der Waals surface area contributed by atoms with Crippen molar-refractivity contribution in [1.82, 2.24) is 5.32 Å². The summed E-state index contributed by atoms with van der Waals surface area (Å²) in [6.45, 7) is 6.40. The number of benzene rings is 2. The van der Waals surface area contributed by atoms with Crippen LogP contribution in [0, 0.1) is 11.3 Å². The number of carbonyl (C=O) groups excluding carboxylic acids is 2. The van der Waals surface area contributed by atoms with Gasteiger partial charge in [-0.2, -0.15) is 0 Å². The highest BCUT2D eigenvalue weighted by atomic mass is 127. The van der Waals surface area contributed by atoms with Crippen LogP contribution in [0.5, 0.6) is 5.75 Å². The summed E-state index contributed by atoms with van der Waals surface area (Å²) in [6.07, 6.45) is 2.73. The van der Waals surface area contributed by atoms with Gasteiger partial charge in [-0.1, -0.05) is 82.4 Å². The van der Waals surface area contributed by atoms with Gasteiger partial charge >= 0.3 is 5.97 Å². The van der Waals surface area contributed by atoms with E-state index in [9.17, 15) is 9.59 Å². The minimum absolute atomic E-state index is 0.0878. The van der Waals surface area contributed by atoms with Crippen LogP contribution >= 0.6 is 45.2 Å². The Kier molecular flexibility index (Phi) is 9.23. The van der Waals surface area contributed by atoms with Crippen molar-refractivity contribution in [3.05, 3.63) is 64.7 Å². The Morgan fingerprint density at radius 2 is 1.86 bits per heavy atom. The van der Waals surface area contributed by atoms with Crippen LogP contribution in [-0.2, 0) is 23.2 Å². The van der Waals surface area contributed by atoms with Crippen LogP contribution in [0.3, 0.4) is 0 Å². The third-order valence-corrected chi connectivity index (χ3v) is 9.88. The number of hydrogen-bond donors (Lipinski definition) is 1. The molecule has 7 heteroatoms. The topological polar surface area (TPSA) is 64.6 Å². The molecule has 2 aromatic rings. The summed E-state index contributed by atoms with van der Waals surface area (Å²) in [5.74, 6) is 1.34. The van der Waals surface area contributed by atoms with Crippen molar-refractivity contribution in [3.63, 3.8) is 0 Å². The molecule has 194 valence electrons. The minimum Gasteiger partial charge on any atom is -0.482 e. The maximum atomic E-state index is 13.3. The zero-order valence-corrected chi connectivity index (χ0v) is 25.5. The lowest BCUT2D eigenvalue weighted by atomic mass is 9.54. The van der Waals surface area contributed by atoms with Crippen LogP contribution < -0.4 is 10.1 Å². The number of fused-ring (bicyclic) bond motifs is 1. The van der Waals surface area contributed by atoms with Gasteiger partial charge in [-0.15, -0.1) is 0 Å². The molecule has 36 heavy (non-hydrogen) atoms. The lowest BCUT2D eigenvalue weighted by Gasteiger charge is -2.48. The van der Waals surface area contributed by atoms with E-state index in [4.69, 9.17) is 9.47 Å². The van der Waals surface area contributed by atoms with Gasteiger partial charge in [0.05, 0.1) is 12.0 Å². The van der Waals surface area contributed by atoms with Crippen LogP contribution in [0.4, 0.5) is 0 Å². The van der Waals surface area contributed by atoms with Crippen molar-refractivity contribution in [1.29, 1.82) is 0 Å². The summed E-state index contributed by atoms with van der Waals surface area (Å²) in [7, 11) is 0. The number of carbonyl (C=O) groups is 2. The maximum absolute atomic E-state index is 13.3. The number of amides is 1. The Morgan fingerprint density at radius 1 is 1.11 bits per heavy atom. The predicted octanol–water partition coefficient (Wildman–Crippen LogP) is 6.69. The van der Waals surface area contributed by atoms with Gasteiger partial charge in [0.2, 0.25) is 5.91 Å². The smallest absolute Gasteiger partial charge is 0.344 e. The lowest BCUT2D eigenvalue weighted by molar-refractivity contribution is -0.145. The molecule has 5 atom stereocenters. The van der Waals surface area contributed by atoms with Crippen molar-refractivity contribution in [2.24, 2.45) is 11.3 Å². The number of halogens is 2. The maximum Gasteiger partial charge on any atom is 0.344 e. The van der Waals surface area contributed by atoms with Crippen LogP contribution in [0.2, 0.25) is 0 Å². The molecule has 2 aromatic carbocycles. The van der Waals surface area contributed by atoms with Gasteiger partial charge < -0.3 is 14.8 Å². The van der Waals surface area contributed by atoms with E-state index in [1.807, 2.05) is 6.07 Å². The summed E-state index contributed by atoms with van der Waals surface area (Å²) in [5.41, 5.74) is 4.88. The minimum atomic E-state index is -0.358. The molecule has 2 aliphatic rings. The summed E-state index contributed by atoms with van der Waals surface area (Å²) >= 11 is 4.81. The highest BCUT2D eigenvalue weighted by molar-refractivity contribution is 14.1. The Labute approximate surface area is 241 Å². The van der Waals surface area contributed by atoms with E-state index < -0.39 is 0 Å². The van der Waals surface area contributed by atoms with Gasteiger partial charge in [0.25, 0.3) is 0 Å². The summed E-state index contributed by atoms with van der Waals surface area (Å²) in [4.78, 5) is 25.0. The monoisotopic (exact) mass is 715 g/mol. The van der Waals surface area contributed by atoms with E-state index in [1.54, 1.807) is 6.92 Å². The molecule has 1 saturated heterocycles. The molecule has 4 rings (SSSR count). The van der Waals surface area contributed by atoms with Crippen LogP contribution in [0.15, 0.2) is 42.5 Å². The lowest BCUT2D eigenvalue weighted by Crippen LogP contribution is -2.44. The zero-order valence-electron chi connectivity index (χ0n) is 21.2. The predicted molar refractivity (Wildman–Crippen MR) is 159 cm³/mol. The molecule has 1 saturated carbocycles. The number of ether oxygens (including phenoxy) is 2. The van der Waals surface area contributed by atoms with Gasteiger partial charge in [-0.25, -0.2) is 4.79 Å². The standard InChI is InChI=1S/C29H35I2NO4/c1-4-29-13-12-24(23-11-10-22(14-21(23)16-31)36-17-25(33)35-5-2)26(27(29)18(3)32-28(29)34)20-8-6-19(15-30)7-9-20/h6-11,14,18,24,26-27H,4-5,12-13,15-17H2,1-3H3,(H,32,34)/t18-,24+,26+,27+,29-/m1/s1. The number of rotatable bonds is 9. The fourth-order valence-electron chi connectivity index (χ4n) is 6.53. The molecule has 0 radical (unpaired) electrons. The van der Waals surface area contributed by atoms with Gasteiger partial charge in [-0.3, -0.25) is 4.79 Å². The SMILES string of the molecule is CCOC(=O)COc1ccc([C@@H]2CC[C@@]3(CC)C(=O)N[C@H](C)[C@H]3[C@H]2c2ccc(CI)cc2)c(CI)c1. The Bertz CT molecular complexity index is 1090. The molecule has 1 heterocycles. The summed E-state index contributed by atoms with van der Waals surface area (Å²) in [6, 6.07) is 15.4. The molecule has 0 unspecified atom stereocenters. The fourth-order valence-corrected chi connectivity index (χ4v) is 7.70. The van der Waals surface area contributed by atoms with Crippen LogP contribution in [-0.4, -0.2) is 31.1 Å². The quantitative estimate of drug-likeness (QED) is 0.179. The van der Waals surface area contributed by atoms with E-state index in [1.165, 1.54) is 22.3 Å².